The summed E-state index contributed by atoms with van der Waals surface area (Å²) in [5, 5.41) is 11.6. The van der Waals surface area contributed by atoms with Gasteiger partial charge < -0.3 is 15.2 Å². The van der Waals surface area contributed by atoms with E-state index in [9.17, 15) is 4.39 Å². The predicted octanol–water partition coefficient (Wildman–Crippen LogP) is 0.0854. The van der Waals surface area contributed by atoms with E-state index in [2.05, 4.69) is 5.32 Å². The van der Waals surface area contributed by atoms with Crippen molar-refractivity contribution >= 4 is 0 Å². The SMILES string of the molecule is OCC(F)COC1CCNCC1. The van der Waals surface area contributed by atoms with Gasteiger partial charge in [-0.3, -0.25) is 0 Å². The van der Waals surface area contributed by atoms with Crippen molar-refractivity contribution < 1.29 is 14.2 Å². The minimum absolute atomic E-state index is 0.0289. The van der Waals surface area contributed by atoms with Crippen molar-refractivity contribution in [2.24, 2.45) is 0 Å². The van der Waals surface area contributed by atoms with Crippen molar-refractivity contribution in [1.82, 2.24) is 5.32 Å². The van der Waals surface area contributed by atoms with Crippen LogP contribution in [0.1, 0.15) is 12.8 Å². The third kappa shape index (κ3) is 3.47. The van der Waals surface area contributed by atoms with E-state index in [0.717, 1.165) is 25.9 Å². The van der Waals surface area contributed by atoms with Crippen LogP contribution in [0.25, 0.3) is 0 Å². The van der Waals surface area contributed by atoms with E-state index in [1.807, 2.05) is 0 Å². The molecule has 1 atom stereocenters. The van der Waals surface area contributed by atoms with Crippen molar-refractivity contribution in [3.8, 4) is 0 Å². The molecule has 0 aromatic carbocycles. The molecule has 1 heterocycles. The second kappa shape index (κ2) is 5.45. The molecule has 1 aliphatic rings. The van der Waals surface area contributed by atoms with Gasteiger partial charge in [0.05, 0.1) is 19.3 Å². The number of hydrogen-bond donors (Lipinski definition) is 2. The van der Waals surface area contributed by atoms with Gasteiger partial charge in [-0.25, -0.2) is 4.39 Å². The highest BCUT2D eigenvalue weighted by molar-refractivity contribution is 4.68. The van der Waals surface area contributed by atoms with Crippen molar-refractivity contribution in [2.45, 2.75) is 25.1 Å². The predicted molar refractivity (Wildman–Crippen MR) is 43.8 cm³/mol. The maximum Gasteiger partial charge on any atom is 0.146 e. The number of hydrogen-bond acceptors (Lipinski definition) is 3. The zero-order chi connectivity index (χ0) is 8.81. The summed E-state index contributed by atoms with van der Waals surface area (Å²) in [6.07, 6.45) is 0.840. The van der Waals surface area contributed by atoms with Crippen LogP contribution in [-0.2, 0) is 4.74 Å². The van der Waals surface area contributed by atoms with Crippen molar-refractivity contribution in [3.63, 3.8) is 0 Å². The van der Waals surface area contributed by atoms with Gasteiger partial charge in [-0.2, -0.15) is 0 Å². The molecule has 1 rings (SSSR count). The molecule has 0 spiro atoms. The largest absolute Gasteiger partial charge is 0.393 e. The molecule has 2 N–H and O–H groups in total. The second-order valence-corrected chi connectivity index (χ2v) is 3.06. The highest BCUT2D eigenvalue weighted by Gasteiger charge is 2.15. The summed E-state index contributed by atoms with van der Waals surface area (Å²) in [6, 6.07) is 0. The first-order valence-corrected chi connectivity index (χ1v) is 4.40. The van der Waals surface area contributed by atoms with Crippen LogP contribution in [0, 0.1) is 0 Å². The van der Waals surface area contributed by atoms with Crippen molar-refractivity contribution in [3.05, 3.63) is 0 Å². The Bertz CT molecular complexity index is 118. The number of ether oxygens (including phenoxy) is 1. The fourth-order valence-corrected chi connectivity index (χ4v) is 1.26. The maximum atomic E-state index is 12.5. The van der Waals surface area contributed by atoms with E-state index < -0.39 is 12.8 Å². The molecule has 0 saturated carbocycles. The van der Waals surface area contributed by atoms with E-state index in [1.54, 1.807) is 0 Å². The Morgan fingerprint density at radius 1 is 1.50 bits per heavy atom. The molecule has 0 bridgehead atoms. The first-order valence-electron chi connectivity index (χ1n) is 4.40. The average Bonchev–Trinajstić information content (AvgIpc) is 2.16. The molecule has 0 radical (unpaired) electrons. The van der Waals surface area contributed by atoms with E-state index in [0.29, 0.717) is 0 Å². The van der Waals surface area contributed by atoms with Gasteiger partial charge in [-0.1, -0.05) is 0 Å². The number of rotatable bonds is 4. The van der Waals surface area contributed by atoms with Crippen LogP contribution in [-0.4, -0.2) is 43.7 Å². The highest BCUT2D eigenvalue weighted by atomic mass is 19.1. The summed E-state index contributed by atoms with van der Waals surface area (Å²) in [6.45, 7) is 1.48. The molecular formula is C8H16FNO2. The molecule has 0 aromatic heterocycles. The van der Waals surface area contributed by atoms with E-state index in [-0.39, 0.29) is 12.7 Å². The lowest BCUT2D eigenvalue weighted by Crippen LogP contribution is -2.34. The van der Waals surface area contributed by atoms with Crippen molar-refractivity contribution in [1.29, 1.82) is 0 Å². The monoisotopic (exact) mass is 177 g/mol. The van der Waals surface area contributed by atoms with Gasteiger partial charge in [0.1, 0.15) is 6.17 Å². The number of aliphatic hydroxyl groups is 1. The van der Waals surface area contributed by atoms with Crippen molar-refractivity contribution in [2.75, 3.05) is 26.3 Å². The molecule has 0 aliphatic carbocycles. The Balaban J connectivity index is 2.05. The fraction of sp³-hybridized carbons (Fsp3) is 1.00. The van der Waals surface area contributed by atoms with Crippen LogP contribution >= 0.6 is 0 Å². The molecule has 0 aromatic rings. The van der Waals surface area contributed by atoms with Gasteiger partial charge >= 0.3 is 0 Å². The van der Waals surface area contributed by atoms with E-state index in [4.69, 9.17) is 9.84 Å². The van der Waals surface area contributed by atoms with Crippen LogP contribution < -0.4 is 5.32 Å². The molecule has 4 heteroatoms. The summed E-state index contributed by atoms with van der Waals surface area (Å²) in [7, 11) is 0. The van der Waals surface area contributed by atoms with Crippen LogP contribution in [0.2, 0.25) is 0 Å². The van der Waals surface area contributed by atoms with Gasteiger partial charge in [0.2, 0.25) is 0 Å². The number of halogens is 1. The summed E-state index contributed by atoms with van der Waals surface area (Å²) in [4.78, 5) is 0. The Hall–Kier alpha value is -0.190. The average molecular weight is 177 g/mol. The number of nitrogens with one attached hydrogen (secondary N) is 1. The summed E-state index contributed by atoms with van der Waals surface area (Å²) < 4.78 is 17.8. The van der Waals surface area contributed by atoms with Crippen LogP contribution in [0.5, 0.6) is 0 Å². The standard InChI is InChI=1S/C8H16FNO2/c9-7(5-11)6-12-8-1-3-10-4-2-8/h7-8,10-11H,1-6H2. The smallest absolute Gasteiger partial charge is 0.146 e. The summed E-state index contributed by atoms with van der Waals surface area (Å²) in [5.74, 6) is 0. The Kier molecular flexibility index (Phi) is 4.50. The van der Waals surface area contributed by atoms with Gasteiger partial charge in [0.25, 0.3) is 0 Å². The molecular weight excluding hydrogens is 161 g/mol. The minimum Gasteiger partial charge on any atom is -0.393 e. The number of piperidine rings is 1. The van der Waals surface area contributed by atoms with E-state index >= 15 is 0 Å². The fourth-order valence-electron chi connectivity index (χ4n) is 1.26. The first-order chi connectivity index (χ1) is 5.83. The minimum atomic E-state index is -1.22. The Labute approximate surface area is 71.9 Å². The first kappa shape index (κ1) is 9.89. The lowest BCUT2D eigenvalue weighted by molar-refractivity contribution is -0.00956. The molecule has 1 unspecified atom stereocenters. The lowest BCUT2D eigenvalue weighted by Gasteiger charge is -2.23. The third-order valence-electron chi connectivity index (χ3n) is 2.00. The molecule has 12 heavy (non-hydrogen) atoms. The van der Waals surface area contributed by atoms with Gasteiger partial charge in [-0.05, 0) is 25.9 Å². The normalized spacial score (nSPS) is 22.5. The quantitative estimate of drug-likeness (QED) is 0.639. The zero-order valence-corrected chi connectivity index (χ0v) is 7.13. The summed E-state index contributed by atoms with van der Waals surface area (Å²) in [5.41, 5.74) is 0. The Morgan fingerprint density at radius 2 is 2.17 bits per heavy atom. The highest BCUT2D eigenvalue weighted by Crippen LogP contribution is 2.07. The number of aliphatic hydroxyl groups excluding tert-OH is 1. The topological polar surface area (TPSA) is 41.5 Å². The molecule has 0 amide bonds. The van der Waals surface area contributed by atoms with Gasteiger partial charge in [0, 0.05) is 0 Å². The van der Waals surface area contributed by atoms with Gasteiger partial charge in [-0.15, -0.1) is 0 Å². The van der Waals surface area contributed by atoms with Crippen LogP contribution in [0.4, 0.5) is 4.39 Å². The van der Waals surface area contributed by atoms with Crippen LogP contribution in [0.15, 0.2) is 0 Å². The zero-order valence-electron chi connectivity index (χ0n) is 7.13. The molecule has 72 valence electrons. The molecule has 1 aliphatic heterocycles. The van der Waals surface area contributed by atoms with E-state index in [1.165, 1.54) is 0 Å². The summed E-state index contributed by atoms with van der Waals surface area (Å²) >= 11 is 0. The lowest BCUT2D eigenvalue weighted by atomic mass is 10.1. The third-order valence-corrected chi connectivity index (χ3v) is 2.00. The maximum absolute atomic E-state index is 12.5. The van der Waals surface area contributed by atoms with Crippen LogP contribution in [0.3, 0.4) is 0 Å². The molecule has 1 saturated heterocycles. The number of alkyl halides is 1. The molecule has 1 fully saturated rings. The Morgan fingerprint density at radius 3 is 2.75 bits per heavy atom. The second-order valence-electron chi connectivity index (χ2n) is 3.06. The van der Waals surface area contributed by atoms with Gasteiger partial charge in [0.15, 0.2) is 0 Å². The molecule has 3 nitrogen and oxygen atoms in total.